The summed E-state index contributed by atoms with van der Waals surface area (Å²) in [5.74, 6) is -4.97. The van der Waals surface area contributed by atoms with Crippen molar-refractivity contribution in [2.24, 2.45) is 5.92 Å². The molecular weight excluding hydrogens is 253 g/mol. The van der Waals surface area contributed by atoms with Gasteiger partial charge in [-0.1, -0.05) is 12.1 Å². The molecule has 2 unspecified atom stereocenters. The molecule has 1 saturated heterocycles. The van der Waals surface area contributed by atoms with Crippen molar-refractivity contribution >= 4 is 17.8 Å². The molecule has 19 heavy (non-hydrogen) atoms. The minimum Gasteiger partial charge on any atom is -0.481 e. The van der Waals surface area contributed by atoms with Gasteiger partial charge in [0.05, 0.1) is 0 Å². The van der Waals surface area contributed by atoms with Gasteiger partial charge in [0.15, 0.2) is 0 Å². The van der Waals surface area contributed by atoms with Crippen molar-refractivity contribution in [1.82, 2.24) is 4.90 Å². The number of nitrogens with zero attached hydrogens (tertiary/aromatic N) is 1. The minimum atomic E-state index is -1.31. The molecule has 6 heteroatoms. The second-order valence-electron chi connectivity index (χ2n) is 4.47. The van der Waals surface area contributed by atoms with Crippen LogP contribution in [0.1, 0.15) is 17.9 Å². The molecule has 1 aromatic carbocycles. The number of carboxylic acid groups (broad SMARTS) is 1. The summed E-state index contributed by atoms with van der Waals surface area (Å²) in [5, 5.41) is 9.17. The van der Waals surface area contributed by atoms with E-state index >= 15 is 0 Å². The molecule has 0 aromatic heterocycles. The van der Waals surface area contributed by atoms with Crippen LogP contribution in [0.5, 0.6) is 0 Å². The van der Waals surface area contributed by atoms with Crippen molar-refractivity contribution in [2.75, 3.05) is 7.05 Å². The lowest BCUT2D eigenvalue weighted by molar-refractivity contribution is -0.159. The first kappa shape index (κ1) is 13.2. The number of carboxylic acids is 1. The SMILES string of the molecule is CN1C(=O)CC(c2ccc(F)cc2)C(C(=O)O)C1=O. The summed E-state index contributed by atoms with van der Waals surface area (Å²) in [4.78, 5) is 35.6. The fraction of sp³-hybridized carbons (Fsp3) is 0.308. The van der Waals surface area contributed by atoms with E-state index in [2.05, 4.69) is 0 Å². The van der Waals surface area contributed by atoms with Gasteiger partial charge >= 0.3 is 5.97 Å². The molecule has 5 nitrogen and oxygen atoms in total. The molecule has 1 aliphatic rings. The standard InChI is InChI=1S/C13H12FNO4/c1-15-10(16)6-9(11(12(15)17)13(18)19)7-2-4-8(14)5-3-7/h2-5,9,11H,6H2,1H3,(H,18,19). The van der Waals surface area contributed by atoms with Crippen molar-refractivity contribution < 1.29 is 23.9 Å². The lowest BCUT2D eigenvalue weighted by atomic mass is 9.79. The zero-order valence-corrected chi connectivity index (χ0v) is 10.2. The number of aliphatic carboxylic acids is 1. The highest BCUT2D eigenvalue weighted by molar-refractivity contribution is 6.08. The Bertz CT molecular complexity index is 540. The van der Waals surface area contributed by atoms with Crippen LogP contribution in [0.4, 0.5) is 4.39 Å². The number of piperidine rings is 1. The first-order chi connectivity index (χ1) is 8.91. The van der Waals surface area contributed by atoms with Gasteiger partial charge in [-0.2, -0.15) is 0 Å². The maximum absolute atomic E-state index is 12.9. The summed E-state index contributed by atoms with van der Waals surface area (Å²) in [6.45, 7) is 0. The lowest BCUT2D eigenvalue weighted by Crippen LogP contribution is -2.48. The molecule has 0 spiro atoms. The van der Waals surface area contributed by atoms with Crippen molar-refractivity contribution in [3.63, 3.8) is 0 Å². The molecule has 0 radical (unpaired) electrons. The third-order valence-corrected chi connectivity index (χ3v) is 3.33. The van der Waals surface area contributed by atoms with Crippen molar-refractivity contribution in [3.05, 3.63) is 35.6 Å². The van der Waals surface area contributed by atoms with Crippen LogP contribution in [0, 0.1) is 11.7 Å². The van der Waals surface area contributed by atoms with E-state index < -0.39 is 35.4 Å². The Kier molecular flexibility index (Phi) is 3.33. The Morgan fingerprint density at radius 3 is 2.42 bits per heavy atom. The summed E-state index contributed by atoms with van der Waals surface area (Å²) >= 11 is 0. The molecule has 0 aliphatic carbocycles. The van der Waals surface area contributed by atoms with Gasteiger partial charge in [-0.3, -0.25) is 19.3 Å². The van der Waals surface area contributed by atoms with Crippen LogP contribution in [0.25, 0.3) is 0 Å². The van der Waals surface area contributed by atoms with E-state index in [0.717, 1.165) is 4.90 Å². The number of amides is 2. The van der Waals surface area contributed by atoms with Crippen LogP contribution < -0.4 is 0 Å². The van der Waals surface area contributed by atoms with Gasteiger partial charge in [0.1, 0.15) is 11.7 Å². The van der Waals surface area contributed by atoms with Gasteiger partial charge in [0.2, 0.25) is 11.8 Å². The highest BCUT2D eigenvalue weighted by Crippen LogP contribution is 2.34. The molecule has 1 aliphatic heterocycles. The maximum atomic E-state index is 12.9. The molecule has 1 fully saturated rings. The third kappa shape index (κ3) is 2.33. The lowest BCUT2D eigenvalue weighted by Gasteiger charge is -2.32. The molecular formula is C13H12FNO4. The van der Waals surface area contributed by atoms with Crippen LogP contribution in [0.2, 0.25) is 0 Å². The van der Waals surface area contributed by atoms with Crippen molar-refractivity contribution in [2.45, 2.75) is 12.3 Å². The first-order valence-electron chi connectivity index (χ1n) is 5.70. The largest absolute Gasteiger partial charge is 0.481 e. The van der Waals surface area contributed by atoms with E-state index in [1.807, 2.05) is 0 Å². The topological polar surface area (TPSA) is 74.7 Å². The average Bonchev–Trinajstić information content (AvgIpc) is 2.36. The first-order valence-corrected chi connectivity index (χ1v) is 5.70. The van der Waals surface area contributed by atoms with E-state index in [-0.39, 0.29) is 6.42 Å². The fourth-order valence-corrected chi connectivity index (χ4v) is 2.24. The van der Waals surface area contributed by atoms with E-state index in [9.17, 15) is 18.8 Å². The molecule has 2 atom stereocenters. The highest BCUT2D eigenvalue weighted by atomic mass is 19.1. The van der Waals surface area contributed by atoms with E-state index in [1.54, 1.807) is 0 Å². The van der Waals surface area contributed by atoms with Crippen LogP contribution in [-0.4, -0.2) is 34.8 Å². The Hall–Kier alpha value is -2.24. The summed E-state index contributed by atoms with van der Waals surface area (Å²) in [6, 6.07) is 5.17. The van der Waals surface area contributed by atoms with Crippen LogP contribution in [-0.2, 0) is 14.4 Å². The molecule has 1 heterocycles. The predicted molar refractivity (Wildman–Crippen MR) is 62.7 cm³/mol. The number of carbonyl (C=O) groups is 3. The van der Waals surface area contributed by atoms with Crippen molar-refractivity contribution in [3.8, 4) is 0 Å². The zero-order chi connectivity index (χ0) is 14.2. The second kappa shape index (κ2) is 4.79. The fourth-order valence-electron chi connectivity index (χ4n) is 2.24. The van der Waals surface area contributed by atoms with E-state index in [1.165, 1.54) is 31.3 Å². The molecule has 100 valence electrons. The quantitative estimate of drug-likeness (QED) is 0.639. The van der Waals surface area contributed by atoms with Gasteiger partial charge in [-0.05, 0) is 17.7 Å². The van der Waals surface area contributed by atoms with Gasteiger partial charge in [-0.25, -0.2) is 4.39 Å². The molecule has 0 saturated carbocycles. The Labute approximate surface area is 108 Å². The molecule has 0 bridgehead atoms. The van der Waals surface area contributed by atoms with Crippen LogP contribution in [0.15, 0.2) is 24.3 Å². The predicted octanol–water partition coefficient (Wildman–Crippen LogP) is 0.999. The monoisotopic (exact) mass is 265 g/mol. The van der Waals surface area contributed by atoms with Crippen LogP contribution >= 0.6 is 0 Å². The second-order valence-corrected chi connectivity index (χ2v) is 4.47. The molecule has 1 aromatic rings. The number of halogens is 1. The van der Waals surface area contributed by atoms with Crippen molar-refractivity contribution in [1.29, 1.82) is 0 Å². The maximum Gasteiger partial charge on any atom is 0.316 e. The number of imide groups is 1. The molecule has 2 rings (SSSR count). The van der Waals surface area contributed by atoms with Gasteiger partial charge in [0.25, 0.3) is 0 Å². The number of likely N-dealkylation sites (tertiary alicyclic amines) is 1. The molecule has 2 amide bonds. The Morgan fingerprint density at radius 1 is 1.32 bits per heavy atom. The van der Waals surface area contributed by atoms with E-state index in [0.29, 0.717) is 5.56 Å². The summed E-state index contributed by atoms with van der Waals surface area (Å²) in [6.07, 6.45) is -0.0785. The third-order valence-electron chi connectivity index (χ3n) is 3.33. The minimum absolute atomic E-state index is 0.0785. The highest BCUT2D eigenvalue weighted by Gasteiger charge is 2.44. The van der Waals surface area contributed by atoms with Gasteiger partial charge in [0, 0.05) is 19.4 Å². The Balaban J connectivity index is 2.41. The summed E-state index contributed by atoms with van der Waals surface area (Å²) < 4.78 is 12.9. The smallest absolute Gasteiger partial charge is 0.316 e. The summed E-state index contributed by atoms with van der Waals surface area (Å²) in [5.41, 5.74) is 0.476. The molecule has 1 N–H and O–H groups in total. The summed E-state index contributed by atoms with van der Waals surface area (Å²) in [7, 11) is 1.27. The number of hydrogen-bond acceptors (Lipinski definition) is 3. The normalized spacial score (nSPS) is 23.6. The number of hydrogen-bond donors (Lipinski definition) is 1. The number of benzene rings is 1. The number of rotatable bonds is 2. The average molecular weight is 265 g/mol. The van der Waals surface area contributed by atoms with E-state index in [4.69, 9.17) is 5.11 Å². The van der Waals surface area contributed by atoms with Gasteiger partial charge in [-0.15, -0.1) is 0 Å². The Morgan fingerprint density at radius 2 is 1.89 bits per heavy atom. The number of carbonyl (C=O) groups excluding carboxylic acids is 2. The van der Waals surface area contributed by atoms with Crippen LogP contribution in [0.3, 0.4) is 0 Å². The zero-order valence-electron chi connectivity index (χ0n) is 10.2. The van der Waals surface area contributed by atoms with Gasteiger partial charge < -0.3 is 5.11 Å².